The molecule has 0 saturated carbocycles. The van der Waals surface area contributed by atoms with E-state index >= 15 is 0 Å². The number of hydrogen-bond donors (Lipinski definition) is 1. The Kier molecular flexibility index (Phi) is 5.96. The Bertz CT molecular complexity index is 972. The van der Waals surface area contributed by atoms with Crippen LogP contribution in [-0.4, -0.2) is 33.1 Å². The number of fused-ring (bicyclic) bond motifs is 1. The second kappa shape index (κ2) is 8.38. The Morgan fingerprint density at radius 3 is 2.65 bits per heavy atom. The lowest BCUT2D eigenvalue weighted by Gasteiger charge is -2.20. The maximum Gasteiger partial charge on any atom is 0.258 e. The number of thioether (sulfide) groups is 1. The summed E-state index contributed by atoms with van der Waals surface area (Å²) in [7, 11) is 0. The predicted molar refractivity (Wildman–Crippen MR) is 106 cm³/mol. The molecule has 0 aliphatic heterocycles. The zero-order valence-corrected chi connectivity index (χ0v) is 15.8. The highest BCUT2D eigenvalue weighted by Gasteiger charge is 2.14. The fourth-order valence-corrected chi connectivity index (χ4v) is 3.46. The van der Waals surface area contributed by atoms with Crippen LogP contribution in [0.3, 0.4) is 0 Å². The van der Waals surface area contributed by atoms with Crippen molar-refractivity contribution in [3.8, 4) is 0 Å². The van der Waals surface area contributed by atoms with Crippen molar-refractivity contribution >= 4 is 40.2 Å². The molecule has 1 aromatic heterocycles. The van der Waals surface area contributed by atoms with E-state index < -0.39 is 0 Å². The Labute approximate surface area is 160 Å². The number of nitrogens with one attached hydrogen (secondary N) is 1. The third-order valence-corrected chi connectivity index (χ3v) is 5.16. The van der Waals surface area contributed by atoms with Crippen LogP contribution in [0.2, 0.25) is 5.02 Å². The number of carbonyl (C=O) groups excluding carboxylic acids is 1. The van der Waals surface area contributed by atoms with Gasteiger partial charge in [0.2, 0.25) is 5.91 Å². The van der Waals surface area contributed by atoms with Gasteiger partial charge in [0.05, 0.1) is 23.2 Å². The van der Waals surface area contributed by atoms with Gasteiger partial charge in [0, 0.05) is 16.5 Å². The number of nitrogens with zero attached hydrogens (tertiary/aromatic N) is 2. The van der Waals surface area contributed by atoms with E-state index in [1.54, 1.807) is 35.2 Å². The van der Waals surface area contributed by atoms with Crippen LogP contribution in [0.15, 0.2) is 58.2 Å². The molecule has 1 amide bonds. The summed E-state index contributed by atoms with van der Waals surface area (Å²) in [6.07, 6.45) is 0. The molecule has 0 spiro atoms. The summed E-state index contributed by atoms with van der Waals surface area (Å²) in [6.45, 7) is 2.72. The number of rotatable bonds is 6. The number of aromatic nitrogens is 2. The molecule has 2 aromatic carbocycles. The number of H-pyrrole nitrogens is 1. The van der Waals surface area contributed by atoms with E-state index in [4.69, 9.17) is 11.6 Å². The van der Waals surface area contributed by atoms with Crippen LogP contribution in [0.1, 0.15) is 12.7 Å². The molecule has 0 bridgehead atoms. The molecule has 0 radical (unpaired) electrons. The maximum atomic E-state index is 12.5. The highest BCUT2D eigenvalue weighted by atomic mass is 35.5. The van der Waals surface area contributed by atoms with Gasteiger partial charge in [-0.15, -0.1) is 11.8 Å². The molecule has 0 saturated heterocycles. The molecule has 3 aromatic rings. The molecule has 0 unspecified atom stereocenters. The van der Waals surface area contributed by atoms with Crippen LogP contribution < -0.4 is 5.56 Å². The number of carbonyl (C=O) groups is 1. The highest BCUT2D eigenvalue weighted by Crippen LogP contribution is 2.21. The Balaban J connectivity index is 1.69. The summed E-state index contributed by atoms with van der Waals surface area (Å²) in [5, 5.41) is 1.21. The number of amides is 1. The van der Waals surface area contributed by atoms with Gasteiger partial charge in [0.15, 0.2) is 0 Å². The van der Waals surface area contributed by atoms with Gasteiger partial charge >= 0.3 is 0 Å². The highest BCUT2D eigenvalue weighted by molar-refractivity contribution is 8.00. The first-order valence-electron chi connectivity index (χ1n) is 8.21. The summed E-state index contributed by atoms with van der Waals surface area (Å²) >= 11 is 7.33. The van der Waals surface area contributed by atoms with Crippen molar-refractivity contribution in [2.45, 2.75) is 18.4 Å². The number of aromatic amines is 1. The molecular formula is C19H18ClN3O2S. The van der Waals surface area contributed by atoms with Crippen LogP contribution >= 0.6 is 23.4 Å². The monoisotopic (exact) mass is 387 g/mol. The van der Waals surface area contributed by atoms with E-state index in [0.29, 0.717) is 34.0 Å². The third kappa shape index (κ3) is 4.45. The predicted octanol–water partition coefficient (Wildman–Crippen LogP) is 3.72. The molecule has 26 heavy (non-hydrogen) atoms. The smallest absolute Gasteiger partial charge is 0.258 e. The molecule has 0 aliphatic carbocycles. The largest absolute Gasteiger partial charge is 0.335 e. The molecule has 1 N–H and O–H groups in total. The number of benzene rings is 2. The lowest BCUT2D eigenvalue weighted by molar-refractivity contribution is -0.128. The summed E-state index contributed by atoms with van der Waals surface area (Å²) in [6, 6.07) is 14.5. The van der Waals surface area contributed by atoms with Crippen molar-refractivity contribution in [3.63, 3.8) is 0 Å². The lowest BCUT2D eigenvalue weighted by Crippen LogP contribution is -2.33. The standard InChI is InChI=1S/C19H18ClN3O2S/c1-2-23(18(24)12-26-14-9-7-13(20)8-10-14)11-17-21-16-6-4-3-5-15(16)19(25)22-17/h3-10H,2,11-12H2,1H3,(H,21,22,25). The minimum atomic E-state index is -0.190. The van der Waals surface area contributed by atoms with E-state index in [1.165, 1.54) is 11.8 Å². The van der Waals surface area contributed by atoms with Gasteiger partial charge in [0.25, 0.3) is 5.56 Å². The second-order valence-corrected chi connectivity index (χ2v) is 7.17. The minimum absolute atomic E-state index is 0.0109. The van der Waals surface area contributed by atoms with Crippen molar-refractivity contribution in [2.75, 3.05) is 12.3 Å². The quantitative estimate of drug-likeness (QED) is 0.654. The summed E-state index contributed by atoms with van der Waals surface area (Å²) in [4.78, 5) is 34.6. The van der Waals surface area contributed by atoms with Crippen LogP contribution in [0.4, 0.5) is 0 Å². The second-order valence-electron chi connectivity index (χ2n) is 5.68. The van der Waals surface area contributed by atoms with Crippen molar-refractivity contribution in [2.24, 2.45) is 0 Å². The SMILES string of the molecule is CCN(Cc1nc2ccccc2c(=O)[nH]1)C(=O)CSc1ccc(Cl)cc1. The average Bonchev–Trinajstić information content (AvgIpc) is 2.65. The van der Waals surface area contributed by atoms with E-state index in [1.807, 2.05) is 25.1 Å². The molecular weight excluding hydrogens is 370 g/mol. The van der Waals surface area contributed by atoms with Gasteiger partial charge in [-0.1, -0.05) is 23.7 Å². The number of halogens is 1. The molecule has 0 aliphatic rings. The van der Waals surface area contributed by atoms with Crippen molar-refractivity contribution in [3.05, 3.63) is 69.7 Å². The van der Waals surface area contributed by atoms with Gasteiger partial charge in [-0.25, -0.2) is 4.98 Å². The van der Waals surface area contributed by atoms with Crippen molar-refractivity contribution < 1.29 is 4.79 Å². The molecule has 7 heteroatoms. The van der Waals surface area contributed by atoms with Gasteiger partial charge in [-0.05, 0) is 43.3 Å². The minimum Gasteiger partial charge on any atom is -0.335 e. The molecule has 0 fully saturated rings. The fraction of sp³-hybridized carbons (Fsp3) is 0.211. The molecule has 1 heterocycles. The van der Waals surface area contributed by atoms with Crippen LogP contribution in [0.5, 0.6) is 0 Å². The first-order chi connectivity index (χ1) is 12.6. The summed E-state index contributed by atoms with van der Waals surface area (Å²) in [5.74, 6) is 0.788. The van der Waals surface area contributed by atoms with Gasteiger partial charge in [-0.2, -0.15) is 0 Å². The Morgan fingerprint density at radius 2 is 1.92 bits per heavy atom. The van der Waals surface area contributed by atoms with E-state index in [0.717, 1.165) is 4.90 Å². The van der Waals surface area contributed by atoms with Crippen LogP contribution in [-0.2, 0) is 11.3 Å². The van der Waals surface area contributed by atoms with E-state index in [9.17, 15) is 9.59 Å². The lowest BCUT2D eigenvalue weighted by atomic mass is 10.2. The molecule has 0 atom stereocenters. The van der Waals surface area contributed by atoms with Gasteiger partial charge in [0.1, 0.15) is 5.82 Å². The van der Waals surface area contributed by atoms with E-state index in [-0.39, 0.29) is 18.0 Å². The Hall–Kier alpha value is -2.31. The third-order valence-electron chi connectivity index (χ3n) is 3.91. The topological polar surface area (TPSA) is 66.1 Å². The van der Waals surface area contributed by atoms with Crippen LogP contribution in [0, 0.1) is 0 Å². The zero-order valence-electron chi connectivity index (χ0n) is 14.2. The zero-order chi connectivity index (χ0) is 18.5. The van der Waals surface area contributed by atoms with E-state index in [2.05, 4.69) is 9.97 Å². The summed E-state index contributed by atoms with van der Waals surface area (Å²) < 4.78 is 0. The maximum absolute atomic E-state index is 12.5. The Morgan fingerprint density at radius 1 is 1.19 bits per heavy atom. The first kappa shape index (κ1) is 18.5. The summed E-state index contributed by atoms with van der Waals surface area (Å²) in [5.41, 5.74) is 0.440. The average molecular weight is 388 g/mol. The van der Waals surface area contributed by atoms with Crippen molar-refractivity contribution in [1.82, 2.24) is 14.9 Å². The first-order valence-corrected chi connectivity index (χ1v) is 9.57. The number of para-hydroxylation sites is 1. The molecule has 5 nitrogen and oxygen atoms in total. The van der Waals surface area contributed by atoms with Crippen LogP contribution in [0.25, 0.3) is 10.9 Å². The van der Waals surface area contributed by atoms with Crippen molar-refractivity contribution in [1.29, 1.82) is 0 Å². The molecule has 3 rings (SSSR count). The fourth-order valence-electron chi connectivity index (χ4n) is 2.53. The van der Waals surface area contributed by atoms with Gasteiger partial charge < -0.3 is 9.88 Å². The normalized spacial score (nSPS) is 10.8. The van der Waals surface area contributed by atoms with Gasteiger partial charge in [-0.3, -0.25) is 9.59 Å². The molecule has 134 valence electrons. The number of hydrogen-bond acceptors (Lipinski definition) is 4.